The second-order valence-corrected chi connectivity index (χ2v) is 4.49. The summed E-state index contributed by atoms with van der Waals surface area (Å²) < 4.78 is 13.3. The second kappa shape index (κ2) is 6.52. The Bertz CT molecular complexity index is 386. The number of halogens is 3. The van der Waals surface area contributed by atoms with Gasteiger partial charge in [0.2, 0.25) is 0 Å². The molecule has 0 bridgehead atoms. The van der Waals surface area contributed by atoms with E-state index in [0.717, 1.165) is 0 Å². The summed E-state index contributed by atoms with van der Waals surface area (Å²) in [6.45, 7) is 1.27. The van der Waals surface area contributed by atoms with Gasteiger partial charge in [0.25, 0.3) is 0 Å². The molecule has 1 atom stereocenters. The molecular formula is C11H14Cl2FNO2. The van der Waals surface area contributed by atoms with E-state index in [9.17, 15) is 4.39 Å². The number of rotatable bonds is 5. The first kappa shape index (κ1) is 14.7. The second-order valence-electron chi connectivity index (χ2n) is 3.71. The number of hydrogen-bond donors (Lipinski definition) is 3. The van der Waals surface area contributed by atoms with Crippen molar-refractivity contribution in [3.8, 4) is 0 Å². The van der Waals surface area contributed by atoms with Crippen LogP contribution in [0.15, 0.2) is 12.1 Å². The molecule has 0 aromatic heterocycles. The van der Waals surface area contributed by atoms with Crippen LogP contribution in [-0.2, 0) is 0 Å². The minimum absolute atomic E-state index is 0.0490. The Morgan fingerprint density at radius 3 is 2.41 bits per heavy atom. The predicted molar refractivity (Wildman–Crippen MR) is 65.9 cm³/mol. The van der Waals surface area contributed by atoms with E-state index < -0.39 is 11.9 Å². The zero-order valence-corrected chi connectivity index (χ0v) is 10.8. The van der Waals surface area contributed by atoms with Crippen LogP contribution >= 0.6 is 23.2 Å². The van der Waals surface area contributed by atoms with E-state index in [1.165, 1.54) is 12.1 Å². The fourth-order valence-electron chi connectivity index (χ4n) is 1.54. The molecule has 1 rings (SSSR count). The van der Waals surface area contributed by atoms with Gasteiger partial charge in [-0.15, -0.1) is 0 Å². The first-order valence-corrected chi connectivity index (χ1v) is 5.88. The molecule has 96 valence electrons. The van der Waals surface area contributed by atoms with Crippen molar-refractivity contribution in [1.29, 1.82) is 0 Å². The van der Waals surface area contributed by atoms with Crippen molar-refractivity contribution in [3.05, 3.63) is 33.6 Å². The van der Waals surface area contributed by atoms with E-state index in [1.54, 1.807) is 6.92 Å². The molecule has 0 aliphatic carbocycles. The fourth-order valence-corrected chi connectivity index (χ4v) is 2.24. The van der Waals surface area contributed by atoms with Gasteiger partial charge in [-0.2, -0.15) is 0 Å². The summed E-state index contributed by atoms with van der Waals surface area (Å²) >= 11 is 11.8. The topological polar surface area (TPSA) is 52.5 Å². The highest BCUT2D eigenvalue weighted by Crippen LogP contribution is 2.32. The van der Waals surface area contributed by atoms with Crippen LogP contribution in [0, 0.1) is 5.82 Å². The van der Waals surface area contributed by atoms with Gasteiger partial charge in [0.15, 0.2) is 0 Å². The average Bonchev–Trinajstić information content (AvgIpc) is 2.31. The van der Waals surface area contributed by atoms with Crippen LogP contribution in [0.5, 0.6) is 0 Å². The molecule has 0 aliphatic heterocycles. The maximum atomic E-state index is 13.3. The molecule has 0 heterocycles. The average molecular weight is 282 g/mol. The summed E-state index contributed by atoms with van der Waals surface area (Å²) in [6.07, 6.45) is 0. The summed E-state index contributed by atoms with van der Waals surface area (Å²) in [4.78, 5) is 0. The summed E-state index contributed by atoms with van der Waals surface area (Å²) in [5, 5.41) is 21.1. The molecule has 1 unspecified atom stereocenters. The number of benzene rings is 1. The smallest absolute Gasteiger partial charge is 0.142 e. The molecule has 3 nitrogen and oxygen atoms in total. The van der Waals surface area contributed by atoms with Crippen molar-refractivity contribution >= 4 is 23.2 Å². The maximum absolute atomic E-state index is 13.3. The van der Waals surface area contributed by atoms with Gasteiger partial charge in [-0.25, -0.2) is 4.39 Å². The van der Waals surface area contributed by atoms with Gasteiger partial charge in [0, 0.05) is 16.6 Å². The Kier molecular flexibility index (Phi) is 5.62. The molecule has 3 N–H and O–H groups in total. The molecule has 0 saturated carbocycles. The Morgan fingerprint density at radius 1 is 1.29 bits per heavy atom. The molecular weight excluding hydrogens is 268 g/mol. The van der Waals surface area contributed by atoms with Crippen LogP contribution in [0.4, 0.5) is 4.39 Å². The third-order valence-electron chi connectivity index (χ3n) is 2.44. The summed E-state index contributed by atoms with van der Waals surface area (Å²) in [6, 6.07) is 1.73. The van der Waals surface area contributed by atoms with Crippen LogP contribution in [0.3, 0.4) is 0 Å². The normalized spacial score (nSPS) is 13.1. The zero-order valence-electron chi connectivity index (χ0n) is 9.25. The number of aliphatic hydroxyl groups is 2. The maximum Gasteiger partial charge on any atom is 0.142 e. The first-order valence-electron chi connectivity index (χ1n) is 5.12. The van der Waals surface area contributed by atoms with E-state index >= 15 is 0 Å². The lowest BCUT2D eigenvalue weighted by Crippen LogP contribution is -2.37. The molecule has 0 saturated heterocycles. The zero-order chi connectivity index (χ0) is 13.0. The van der Waals surface area contributed by atoms with Crippen molar-refractivity contribution in [3.63, 3.8) is 0 Å². The van der Waals surface area contributed by atoms with E-state index in [1.807, 2.05) is 0 Å². The minimum atomic E-state index is -0.552. The molecule has 17 heavy (non-hydrogen) atoms. The van der Waals surface area contributed by atoms with Crippen LogP contribution in [0.1, 0.15) is 18.5 Å². The van der Waals surface area contributed by atoms with Crippen molar-refractivity contribution in [2.45, 2.75) is 19.0 Å². The lowest BCUT2D eigenvalue weighted by atomic mass is 10.1. The molecule has 0 radical (unpaired) electrons. The fraction of sp³-hybridized carbons (Fsp3) is 0.455. The molecule has 0 amide bonds. The molecule has 1 aromatic rings. The summed E-state index contributed by atoms with van der Waals surface area (Å²) in [5.74, 6) is -0.552. The van der Waals surface area contributed by atoms with E-state index in [-0.39, 0.29) is 24.3 Å². The van der Waals surface area contributed by atoms with Crippen molar-refractivity contribution in [2.24, 2.45) is 0 Å². The number of hydrogen-bond acceptors (Lipinski definition) is 3. The number of nitrogens with one attached hydrogen (secondary N) is 1. The highest BCUT2D eigenvalue weighted by molar-refractivity contribution is 6.36. The van der Waals surface area contributed by atoms with Crippen LogP contribution < -0.4 is 5.32 Å². The van der Waals surface area contributed by atoms with E-state index in [4.69, 9.17) is 33.4 Å². The number of aliphatic hydroxyl groups excluding tert-OH is 2. The molecule has 1 aromatic carbocycles. The highest BCUT2D eigenvalue weighted by atomic mass is 35.5. The van der Waals surface area contributed by atoms with E-state index in [0.29, 0.717) is 10.6 Å². The Hall–Kier alpha value is -0.390. The highest BCUT2D eigenvalue weighted by Gasteiger charge is 2.19. The van der Waals surface area contributed by atoms with Crippen molar-refractivity contribution in [1.82, 2.24) is 5.32 Å². The van der Waals surface area contributed by atoms with Gasteiger partial charge in [-0.3, -0.25) is 0 Å². The first-order chi connectivity index (χ1) is 8.01. The van der Waals surface area contributed by atoms with Crippen LogP contribution in [0.25, 0.3) is 0 Å². The molecule has 6 heteroatoms. The lowest BCUT2D eigenvalue weighted by molar-refractivity contribution is 0.163. The quantitative estimate of drug-likeness (QED) is 0.725. The molecule has 0 aliphatic rings. The standard InChI is InChI=1S/C11H14Cl2FNO2/c1-6(15-7(4-16)5-17)10-8(12)2-3-9(14)11(10)13/h2-3,6-7,15-17H,4-5H2,1H3. The Labute approximate surface area is 109 Å². The van der Waals surface area contributed by atoms with Gasteiger partial charge < -0.3 is 15.5 Å². The third kappa shape index (κ3) is 3.53. The predicted octanol–water partition coefficient (Wildman–Crippen LogP) is 2.14. The van der Waals surface area contributed by atoms with Gasteiger partial charge in [-0.1, -0.05) is 23.2 Å². The monoisotopic (exact) mass is 281 g/mol. The third-order valence-corrected chi connectivity index (χ3v) is 3.15. The van der Waals surface area contributed by atoms with Gasteiger partial charge in [-0.05, 0) is 19.1 Å². The minimum Gasteiger partial charge on any atom is -0.395 e. The summed E-state index contributed by atoms with van der Waals surface area (Å²) in [5.41, 5.74) is 0.417. The van der Waals surface area contributed by atoms with E-state index in [2.05, 4.69) is 5.32 Å². The Balaban J connectivity index is 2.95. The largest absolute Gasteiger partial charge is 0.395 e. The van der Waals surface area contributed by atoms with Gasteiger partial charge in [0.05, 0.1) is 24.3 Å². The lowest BCUT2D eigenvalue weighted by Gasteiger charge is -2.22. The van der Waals surface area contributed by atoms with Crippen LogP contribution in [-0.4, -0.2) is 29.5 Å². The molecule has 0 spiro atoms. The summed E-state index contributed by atoms with van der Waals surface area (Å²) in [7, 11) is 0. The molecule has 0 fully saturated rings. The van der Waals surface area contributed by atoms with Crippen molar-refractivity contribution < 1.29 is 14.6 Å². The van der Waals surface area contributed by atoms with Gasteiger partial charge >= 0.3 is 0 Å². The van der Waals surface area contributed by atoms with Crippen LogP contribution in [0.2, 0.25) is 10.0 Å². The SMILES string of the molecule is CC(NC(CO)CO)c1c(Cl)ccc(F)c1Cl. The van der Waals surface area contributed by atoms with Crippen molar-refractivity contribution in [2.75, 3.05) is 13.2 Å². The van der Waals surface area contributed by atoms with Gasteiger partial charge in [0.1, 0.15) is 5.82 Å². The Morgan fingerprint density at radius 2 is 1.88 bits per heavy atom.